The fraction of sp³-hybridized carbons (Fsp3) is 0.571. The third-order valence-corrected chi connectivity index (χ3v) is 4.30. The van der Waals surface area contributed by atoms with Crippen LogP contribution in [0.4, 0.5) is 0 Å². The van der Waals surface area contributed by atoms with Crippen LogP contribution in [0.25, 0.3) is 0 Å². The zero-order chi connectivity index (χ0) is 14.7. The van der Waals surface area contributed by atoms with E-state index in [0.29, 0.717) is 12.8 Å². The van der Waals surface area contributed by atoms with Gasteiger partial charge in [-0.05, 0) is 38.8 Å². The largest absolute Gasteiger partial charge is 0.479 e. The molecule has 2 N–H and O–H groups in total. The first kappa shape index (κ1) is 15.0. The molecule has 1 aromatic rings. The molecule has 1 amide bonds. The number of carboxylic acid groups (broad SMARTS) is 1. The molecule has 0 aliphatic carbocycles. The van der Waals surface area contributed by atoms with Gasteiger partial charge in [0.25, 0.3) is 0 Å². The average Bonchev–Trinajstić information content (AvgIpc) is 2.98. The van der Waals surface area contributed by atoms with Gasteiger partial charge < -0.3 is 15.2 Å². The van der Waals surface area contributed by atoms with E-state index in [-0.39, 0.29) is 11.9 Å². The molecule has 1 unspecified atom stereocenters. The Morgan fingerprint density at radius 3 is 2.70 bits per heavy atom. The third kappa shape index (κ3) is 3.80. The van der Waals surface area contributed by atoms with Crippen molar-refractivity contribution in [2.75, 3.05) is 0 Å². The Hall–Kier alpha value is -1.40. The SMILES string of the molecule is Cc1ccc(CC(C)NC(=O)[C@@H]2CC[C@H](C(=O)O)O2)s1. The first-order valence-electron chi connectivity index (χ1n) is 6.69. The molecule has 3 atom stereocenters. The second kappa shape index (κ2) is 6.37. The number of hydrogen-bond donors (Lipinski definition) is 2. The van der Waals surface area contributed by atoms with Crippen molar-refractivity contribution in [2.24, 2.45) is 0 Å². The van der Waals surface area contributed by atoms with E-state index in [0.717, 1.165) is 6.42 Å². The highest BCUT2D eigenvalue weighted by Gasteiger charge is 2.34. The van der Waals surface area contributed by atoms with Crippen LogP contribution in [0.15, 0.2) is 12.1 Å². The van der Waals surface area contributed by atoms with Crippen LogP contribution in [0.1, 0.15) is 29.5 Å². The van der Waals surface area contributed by atoms with Crippen LogP contribution in [-0.2, 0) is 20.7 Å². The highest BCUT2D eigenvalue weighted by molar-refractivity contribution is 7.11. The summed E-state index contributed by atoms with van der Waals surface area (Å²) in [6.45, 7) is 3.99. The van der Waals surface area contributed by atoms with E-state index < -0.39 is 18.2 Å². The van der Waals surface area contributed by atoms with Crippen molar-refractivity contribution < 1.29 is 19.4 Å². The monoisotopic (exact) mass is 297 g/mol. The van der Waals surface area contributed by atoms with E-state index in [9.17, 15) is 9.59 Å². The summed E-state index contributed by atoms with van der Waals surface area (Å²) in [7, 11) is 0. The fourth-order valence-electron chi connectivity index (χ4n) is 2.30. The van der Waals surface area contributed by atoms with Gasteiger partial charge in [0, 0.05) is 22.2 Å². The van der Waals surface area contributed by atoms with Gasteiger partial charge in [0.2, 0.25) is 5.91 Å². The van der Waals surface area contributed by atoms with Crippen molar-refractivity contribution in [2.45, 2.75) is 51.4 Å². The number of rotatable bonds is 5. The molecule has 0 spiro atoms. The van der Waals surface area contributed by atoms with Crippen molar-refractivity contribution in [1.29, 1.82) is 0 Å². The highest BCUT2D eigenvalue weighted by Crippen LogP contribution is 2.21. The van der Waals surface area contributed by atoms with Gasteiger partial charge in [0.1, 0.15) is 6.10 Å². The van der Waals surface area contributed by atoms with Crippen LogP contribution < -0.4 is 5.32 Å². The maximum atomic E-state index is 12.0. The van der Waals surface area contributed by atoms with Gasteiger partial charge in [0.15, 0.2) is 6.10 Å². The molecule has 1 aliphatic rings. The molecule has 0 radical (unpaired) electrons. The lowest BCUT2D eigenvalue weighted by molar-refractivity contribution is -0.151. The van der Waals surface area contributed by atoms with Gasteiger partial charge in [-0.2, -0.15) is 0 Å². The lowest BCUT2D eigenvalue weighted by Crippen LogP contribution is -2.41. The molecular weight excluding hydrogens is 278 g/mol. The van der Waals surface area contributed by atoms with E-state index in [1.165, 1.54) is 9.75 Å². The number of aryl methyl sites for hydroxylation is 1. The molecule has 0 saturated carbocycles. The fourth-order valence-corrected chi connectivity index (χ4v) is 3.31. The van der Waals surface area contributed by atoms with Crippen molar-refractivity contribution >= 4 is 23.2 Å². The Balaban J connectivity index is 1.81. The summed E-state index contributed by atoms with van der Waals surface area (Å²) in [6.07, 6.45) is 0.156. The summed E-state index contributed by atoms with van der Waals surface area (Å²) >= 11 is 1.72. The van der Waals surface area contributed by atoms with E-state index in [1.54, 1.807) is 11.3 Å². The van der Waals surface area contributed by atoms with Crippen LogP contribution in [-0.4, -0.2) is 35.2 Å². The predicted octanol–water partition coefficient (Wildman–Crippen LogP) is 1.74. The lowest BCUT2D eigenvalue weighted by atomic mass is 10.1. The second-order valence-electron chi connectivity index (χ2n) is 5.16. The minimum absolute atomic E-state index is 0.00743. The summed E-state index contributed by atoms with van der Waals surface area (Å²) in [6, 6.07) is 4.13. The number of hydrogen-bond acceptors (Lipinski definition) is 4. The van der Waals surface area contributed by atoms with Crippen molar-refractivity contribution in [3.05, 3.63) is 21.9 Å². The molecule has 5 nitrogen and oxygen atoms in total. The molecule has 20 heavy (non-hydrogen) atoms. The molecule has 1 fully saturated rings. The predicted molar refractivity (Wildman–Crippen MR) is 75.9 cm³/mol. The second-order valence-corrected chi connectivity index (χ2v) is 6.53. The number of carboxylic acids is 1. The highest BCUT2D eigenvalue weighted by atomic mass is 32.1. The van der Waals surface area contributed by atoms with E-state index in [2.05, 4.69) is 24.4 Å². The number of amides is 1. The number of carbonyl (C=O) groups excluding carboxylic acids is 1. The molecule has 1 aliphatic heterocycles. The molecule has 6 heteroatoms. The average molecular weight is 297 g/mol. The summed E-state index contributed by atoms with van der Waals surface area (Å²) < 4.78 is 5.23. The van der Waals surface area contributed by atoms with Crippen LogP contribution in [0.3, 0.4) is 0 Å². The number of thiophene rings is 1. The van der Waals surface area contributed by atoms with Gasteiger partial charge in [-0.25, -0.2) is 4.79 Å². The maximum absolute atomic E-state index is 12.0. The van der Waals surface area contributed by atoms with Gasteiger partial charge in [-0.15, -0.1) is 11.3 Å². The van der Waals surface area contributed by atoms with Crippen molar-refractivity contribution in [3.8, 4) is 0 Å². The van der Waals surface area contributed by atoms with E-state index in [4.69, 9.17) is 9.84 Å². The molecule has 110 valence electrons. The normalized spacial score (nSPS) is 23.5. The van der Waals surface area contributed by atoms with Gasteiger partial charge >= 0.3 is 5.97 Å². The summed E-state index contributed by atoms with van der Waals surface area (Å²) in [5.74, 6) is -1.21. The Kier molecular flexibility index (Phi) is 4.77. The number of nitrogens with one attached hydrogen (secondary N) is 1. The summed E-state index contributed by atoms with van der Waals surface area (Å²) in [4.78, 5) is 25.3. The first-order chi connectivity index (χ1) is 9.45. The van der Waals surface area contributed by atoms with Crippen molar-refractivity contribution in [3.63, 3.8) is 0 Å². The molecule has 2 heterocycles. The van der Waals surface area contributed by atoms with Gasteiger partial charge in [0.05, 0.1) is 0 Å². The molecule has 0 aromatic carbocycles. The number of ether oxygens (including phenoxy) is 1. The maximum Gasteiger partial charge on any atom is 0.332 e. The van der Waals surface area contributed by atoms with Crippen LogP contribution in [0.5, 0.6) is 0 Å². The zero-order valence-electron chi connectivity index (χ0n) is 11.6. The summed E-state index contributed by atoms with van der Waals surface area (Å²) in [5.41, 5.74) is 0. The standard InChI is InChI=1S/C14H19NO4S/c1-8(7-10-4-3-9(2)20-10)15-13(16)11-5-6-12(19-11)14(17)18/h3-4,8,11-12H,5-7H2,1-2H3,(H,15,16)(H,17,18)/t8?,11-,12+/m0/s1. The molecule has 2 rings (SSSR count). The van der Waals surface area contributed by atoms with Crippen LogP contribution in [0, 0.1) is 6.92 Å². The van der Waals surface area contributed by atoms with Crippen LogP contribution >= 0.6 is 11.3 Å². The smallest absolute Gasteiger partial charge is 0.332 e. The van der Waals surface area contributed by atoms with Gasteiger partial charge in [-0.1, -0.05) is 0 Å². The number of aliphatic carboxylic acids is 1. The van der Waals surface area contributed by atoms with Crippen molar-refractivity contribution in [1.82, 2.24) is 5.32 Å². The molecular formula is C14H19NO4S. The Morgan fingerprint density at radius 2 is 2.15 bits per heavy atom. The zero-order valence-corrected chi connectivity index (χ0v) is 12.4. The topological polar surface area (TPSA) is 75.6 Å². The minimum atomic E-state index is -0.998. The van der Waals surface area contributed by atoms with E-state index >= 15 is 0 Å². The first-order valence-corrected chi connectivity index (χ1v) is 7.51. The number of carbonyl (C=O) groups is 2. The Labute approximate surface area is 121 Å². The Bertz CT molecular complexity index is 499. The molecule has 0 bridgehead atoms. The molecule has 1 aromatic heterocycles. The van der Waals surface area contributed by atoms with Crippen LogP contribution in [0.2, 0.25) is 0 Å². The third-order valence-electron chi connectivity index (χ3n) is 3.28. The Morgan fingerprint density at radius 1 is 1.45 bits per heavy atom. The van der Waals surface area contributed by atoms with E-state index in [1.807, 2.05) is 6.92 Å². The minimum Gasteiger partial charge on any atom is -0.479 e. The lowest BCUT2D eigenvalue weighted by Gasteiger charge is -2.16. The summed E-state index contributed by atoms with van der Waals surface area (Å²) in [5, 5.41) is 11.7. The van der Waals surface area contributed by atoms with Gasteiger partial charge in [-0.3, -0.25) is 4.79 Å². The quantitative estimate of drug-likeness (QED) is 0.868. The molecule has 1 saturated heterocycles.